The average Bonchev–Trinajstić information content (AvgIpc) is 2.78. The van der Waals surface area contributed by atoms with Crippen LogP contribution >= 0.6 is 0 Å². The lowest BCUT2D eigenvalue weighted by atomic mass is 10.00. The van der Waals surface area contributed by atoms with Gasteiger partial charge in [-0.2, -0.15) is 0 Å². The Bertz CT molecular complexity index is 996. The summed E-state index contributed by atoms with van der Waals surface area (Å²) in [5, 5.41) is 2.88. The van der Waals surface area contributed by atoms with Crippen LogP contribution in [0.25, 0.3) is 0 Å². The number of hydrogen-bond donors (Lipinski definition) is 1. The Morgan fingerprint density at radius 1 is 1.00 bits per heavy atom. The number of fused-ring (bicyclic) bond motifs is 1. The lowest BCUT2D eigenvalue weighted by Gasteiger charge is -2.29. The highest BCUT2D eigenvalue weighted by Gasteiger charge is 2.17. The smallest absolute Gasteiger partial charge is 0.255 e. The molecular weight excluding hydrogens is 366 g/mol. The average molecular weight is 389 g/mol. The van der Waals surface area contributed by atoms with Crippen molar-refractivity contribution in [3.05, 3.63) is 77.5 Å². The van der Waals surface area contributed by atoms with Gasteiger partial charge in [-0.3, -0.25) is 4.79 Å². The Balaban J connectivity index is 1.46. The van der Waals surface area contributed by atoms with E-state index >= 15 is 0 Å². The van der Waals surface area contributed by atoms with E-state index in [1.807, 2.05) is 12.1 Å². The Hall–Kier alpha value is -3.54. The minimum atomic E-state index is -0.247. The summed E-state index contributed by atoms with van der Waals surface area (Å²) in [6, 6.07) is 17.4. The molecular formula is C23H23N3O3. The first-order chi connectivity index (χ1) is 14.2. The number of pyridine rings is 1. The molecule has 0 unspecified atom stereocenters. The van der Waals surface area contributed by atoms with Crippen molar-refractivity contribution in [3.63, 3.8) is 0 Å². The van der Waals surface area contributed by atoms with Gasteiger partial charge in [-0.25, -0.2) is 4.98 Å². The van der Waals surface area contributed by atoms with Gasteiger partial charge in [0.25, 0.3) is 5.91 Å². The molecule has 1 amide bonds. The Morgan fingerprint density at radius 3 is 2.38 bits per heavy atom. The highest BCUT2D eigenvalue weighted by molar-refractivity contribution is 6.04. The van der Waals surface area contributed by atoms with E-state index in [2.05, 4.69) is 39.5 Å². The van der Waals surface area contributed by atoms with E-state index in [0.29, 0.717) is 22.7 Å². The molecule has 0 aliphatic carbocycles. The van der Waals surface area contributed by atoms with Crippen molar-refractivity contribution >= 4 is 17.4 Å². The van der Waals surface area contributed by atoms with E-state index in [-0.39, 0.29) is 5.91 Å². The third-order valence-electron chi connectivity index (χ3n) is 5.07. The van der Waals surface area contributed by atoms with E-state index in [1.54, 1.807) is 38.6 Å². The second-order valence-electron chi connectivity index (χ2n) is 6.90. The minimum absolute atomic E-state index is 0.247. The summed E-state index contributed by atoms with van der Waals surface area (Å²) >= 11 is 0. The number of anilines is 2. The van der Waals surface area contributed by atoms with Crippen molar-refractivity contribution in [3.8, 4) is 11.5 Å². The molecule has 0 saturated heterocycles. The maximum atomic E-state index is 12.6. The molecule has 2 heterocycles. The van der Waals surface area contributed by atoms with Gasteiger partial charge in [-0.05, 0) is 41.8 Å². The number of aromatic nitrogens is 1. The maximum absolute atomic E-state index is 12.6. The van der Waals surface area contributed by atoms with Crippen molar-refractivity contribution < 1.29 is 14.3 Å². The van der Waals surface area contributed by atoms with Crippen LogP contribution in [0.2, 0.25) is 0 Å². The highest BCUT2D eigenvalue weighted by Crippen LogP contribution is 2.25. The van der Waals surface area contributed by atoms with Gasteiger partial charge in [0.1, 0.15) is 17.3 Å². The molecule has 0 bridgehead atoms. The lowest BCUT2D eigenvalue weighted by molar-refractivity contribution is 0.102. The molecule has 0 radical (unpaired) electrons. The Labute approximate surface area is 170 Å². The Morgan fingerprint density at radius 2 is 1.72 bits per heavy atom. The van der Waals surface area contributed by atoms with E-state index in [0.717, 1.165) is 25.3 Å². The van der Waals surface area contributed by atoms with Crippen LogP contribution in [0.1, 0.15) is 21.5 Å². The van der Waals surface area contributed by atoms with E-state index in [1.165, 1.54) is 11.1 Å². The van der Waals surface area contributed by atoms with Crippen LogP contribution in [0, 0.1) is 0 Å². The monoisotopic (exact) mass is 389 g/mol. The second kappa shape index (κ2) is 8.22. The third-order valence-corrected chi connectivity index (χ3v) is 5.07. The van der Waals surface area contributed by atoms with Crippen LogP contribution in [0.15, 0.2) is 60.8 Å². The molecule has 29 heavy (non-hydrogen) atoms. The number of carbonyl (C=O) groups is 1. The molecule has 0 atom stereocenters. The molecule has 1 aliphatic heterocycles. The fourth-order valence-electron chi connectivity index (χ4n) is 3.48. The standard InChI is InChI=1S/C23H23N3O3/c1-28-20-11-18(12-21(13-20)29-2)23(27)25-19-7-8-22(24-14-19)26-10-9-16-5-3-4-6-17(16)15-26/h3-8,11-14H,9-10,15H2,1-2H3,(H,25,27). The number of hydrogen-bond acceptors (Lipinski definition) is 5. The fourth-order valence-corrected chi connectivity index (χ4v) is 3.48. The summed E-state index contributed by atoms with van der Waals surface area (Å²) in [4.78, 5) is 19.4. The summed E-state index contributed by atoms with van der Waals surface area (Å²) in [7, 11) is 3.11. The lowest BCUT2D eigenvalue weighted by Crippen LogP contribution is -2.30. The topological polar surface area (TPSA) is 63.7 Å². The van der Waals surface area contributed by atoms with Crippen molar-refractivity contribution in [1.29, 1.82) is 0 Å². The van der Waals surface area contributed by atoms with Gasteiger partial charge in [0.05, 0.1) is 26.1 Å². The molecule has 148 valence electrons. The van der Waals surface area contributed by atoms with E-state index < -0.39 is 0 Å². The molecule has 6 heteroatoms. The summed E-state index contributed by atoms with van der Waals surface area (Å²) < 4.78 is 10.5. The normalized spacial score (nSPS) is 12.8. The quantitative estimate of drug-likeness (QED) is 0.717. The van der Waals surface area contributed by atoms with Crippen LogP contribution in [0.5, 0.6) is 11.5 Å². The number of nitrogens with one attached hydrogen (secondary N) is 1. The summed E-state index contributed by atoms with van der Waals surface area (Å²) in [5.74, 6) is 1.78. The highest BCUT2D eigenvalue weighted by atomic mass is 16.5. The molecule has 6 nitrogen and oxygen atoms in total. The van der Waals surface area contributed by atoms with E-state index in [4.69, 9.17) is 9.47 Å². The first-order valence-electron chi connectivity index (χ1n) is 9.48. The van der Waals surface area contributed by atoms with Crippen molar-refractivity contribution in [2.24, 2.45) is 0 Å². The summed E-state index contributed by atoms with van der Waals surface area (Å²) in [6.45, 7) is 1.78. The van der Waals surface area contributed by atoms with Gasteiger partial charge in [0, 0.05) is 24.7 Å². The molecule has 0 spiro atoms. The predicted octanol–water partition coefficient (Wildman–Crippen LogP) is 3.91. The molecule has 1 N–H and O–H groups in total. The minimum Gasteiger partial charge on any atom is -0.497 e. The number of ether oxygens (including phenoxy) is 2. The molecule has 1 aromatic heterocycles. The van der Waals surface area contributed by atoms with Gasteiger partial charge in [-0.15, -0.1) is 0 Å². The number of rotatable bonds is 5. The first kappa shape index (κ1) is 18.8. The van der Waals surface area contributed by atoms with Crippen molar-refractivity contribution in [2.75, 3.05) is 31.0 Å². The zero-order chi connectivity index (χ0) is 20.2. The first-order valence-corrected chi connectivity index (χ1v) is 9.48. The summed E-state index contributed by atoms with van der Waals surface area (Å²) in [6.07, 6.45) is 2.69. The second-order valence-corrected chi connectivity index (χ2v) is 6.90. The van der Waals surface area contributed by atoms with E-state index in [9.17, 15) is 4.79 Å². The molecule has 3 aromatic rings. The number of nitrogens with zero attached hydrogens (tertiary/aromatic N) is 2. The van der Waals surface area contributed by atoms with Gasteiger partial charge in [0.15, 0.2) is 0 Å². The molecule has 0 fully saturated rings. The SMILES string of the molecule is COc1cc(OC)cc(C(=O)Nc2ccc(N3CCc4ccccc4C3)nc2)c1. The Kier molecular flexibility index (Phi) is 5.33. The van der Waals surface area contributed by atoms with Crippen LogP contribution in [0.4, 0.5) is 11.5 Å². The van der Waals surface area contributed by atoms with Crippen LogP contribution in [-0.4, -0.2) is 31.7 Å². The van der Waals surface area contributed by atoms with Crippen LogP contribution < -0.4 is 19.7 Å². The number of benzene rings is 2. The largest absolute Gasteiger partial charge is 0.497 e. The van der Waals surface area contributed by atoms with Crippen molar-refractivity contribution in [1.82, 2.24) is 4.98 Å². The molecule has 2 aromatic carbocycles. The van der Waals surface area contributed by atoms with Gasteiger partial charge in [0.2, 0.25) is 0 Å². The fraction of sp³-hybridized carbons (Fsp3) is 0.217. The predicted molar refractivity (Wildman–Crippen MR) is 113 cm³/mol. The zero-order valence-corrected chi connectivity index (χ0v) is 16.5. The van der Waals surface area contributed by atoms with Crippen molar-refractivity contribution in [2.45, 2.75) is 13.0 Å². The molecule has 0 saturated carbocycles. The molecule has 4 rings (SSSR count). The number of carbonyl (C=O) groups excluding carboxylic acids is 1. The van der Waals surface area contributed by atoms with Gasteiger partial charge >= 0.3 is 0 Å². The number of amides is 1. The molecule has 1 aliphatic rings. The van der Waals surface area contributed by atoms with Gasteiger partial charge < -0.3 is 19.7 Å². The zero-order valence-electron chi connectivity index (χ0n) is 16.5. The van der Waals surface area contributed by atoms with Crippen LogP contribution in [0.3, 0.4) is 0 Å². The third kappa shape index (κ3) is 4.16. The van der Waals surface area contributed by atoms with Gasteiger partial charge in [-0.1, -0.05) is 24.3 Å². The number of methoxy groups -OCH3 is 2. The van der Waals surface area contributed by atoms with Crippen LogP contribution in [-0.2, 0) is 13.0 Å². The maximum Gasteiger partial charge on any atom is 0.255 e. The summed E-state index contributed by atoms with van der Waals surface area (Å²) in [5.41, 5.74) is 3.84.